The van der Waals surface area contributed by atoms with Gasteiger partial charge in [-0.3, -0.25) is 9.59 Å². The van der Waals surface area contributed by atoms with E-state index in [9.17, 15) is 9.59 Å². The molecule has 0 aliphatic carbocycles. The third-order valence-corrected chi connectivity index (χ3v) is 3.46. The average molecular weight is 296 g/mol. The smallest absolute Gasteiger partial charge is 0.313 e. The Morgan fingerprint density at radius 2 is 1.85 bits per heavy atom. The molecule has 2 N–H and O–H groups in total. The van der Waals surface area contributed by atoms with E-state index in [1.165, 1.54) is 5.56 Å². The number of hydrogen-bond donors (Lipinski definition) is 2. The molecular weight excluding hydrogens is 276 g/mol. The second-order valence-electron chi connectivity index (χ2n) is 4.67. The topological polar surface area (TPSA) is 69.6 Å². The zero-order valence-corrected chi connectivity index (χ0v) is 12.6. The summed E-state index contributed by atoms with van der Waals surface area (Å²) in [5, 5.41) is 11.3. The fourth-order valence-corrected chi connectivity index (χ4v) is 2.26. The zero-order valence-electron chi connectivity index (χ0n) is 11.8. The highest BCUT2D eigenvalue weighted by molar-refractivity contribution is 8.00. The van der Waals surface area contributed by atoms with Crippen LogP contribution in [0.15, 0.2) is 24.3 Å². The van der Waals surface area contributed by atoms with Crippen LogP contribution in [-0.4, -0.2) is 47.5 Å². The third kappa shape index (κ3) is 6.58. The molecule has 1 rings (SSSR count). The van der Waals surface area contributed by atoms with Gasteiger partial charge in [0.15, 0.2) is 0 Å². The highest BCUT2D eigenvalue weighted by atomic mass is 32.2. The van der Waals surface area contributed by atoms with Crippen molar-refractivity contribution in [1.82, 2.24) is 10.2 Å². The lowest BCUT2D eigenvalue weighted by Gasteiger charge is -2.14. The van der Waals surface area contributed by atoms with Gasteiger partial charge in [0.2, 0.25) is 5.91 Å². The fourth-order valence-electron chi connectivity index (χ4n) is 1.70. The van der Waals surface area contributed by atoms with Gasteiger partial charge in [-0.15, -0.1) is 11.8 Å². The molecular formula is C14H20N2O3S. The summed E-state index contributed by atoms with van der Waals surface area (Å²) in [4.78, 5) is 24.0. The van der Waals surface area contributed by atoms with Crippen LogP contribution in [0.5, 0.6) is 0 Å². The summed E-state index contributed by atoms with van der Waals surface area (Å²) in [7, 11) is 4.00. The van der Waals surface area contributed by atoms with Crippen LogP contribution in [0, 0.1) is 0 Å². The molecule has 0 unspecified atom stereocenters. The first-order chi connectivity index (χ1) is 9.49. The molecule has 0 radical (unpaired) electrons. The van der Waals surface area contributed by atoms with Crippen molar-refractivity contribution in [2.45, 2.75) is 13.1 Å². The lowest BCUT2D eigenvalue weighted by Crippen LogP contribution is -2.26. The van der Waals surface area contributed by atoms with Crippen molar-refractivity contribution in [2.75, 3.05) is 25.6 Å². The van der Waals surface area contributed by atoms with Crippen LogP contribution >= 0.6 is 11.8 Å². The molecule has 0 atom stereocenters. The summed E-state index contributed by atoms with van der Waals surface area (Å²) in [5.74, 6) is -0.928. The van der Waals surface area contributed by atoms with E-state index in [-0.39, 0.29) is 17.4 Å². The van der Waals surface area contributed by atoms with Crippen LogP contribution in [0.1, 0.15) is 11.1 Å². The normalized spacial score (nSPS) is 10.6. The summed E-state index contributed by atoms with van der Waals surface area (Å²) >= 11 is 1.10. The van der Waals surface area contributed by atoms with E-state index in [1.807, 2.05) is 38.4 Å². The predicted molar refractivity (Wildman–Crippen MR) is 80.6 cm³/mol. The lowest BCUT2D eigenvalue weighted by atomic mass is 10.1. The molecule has 0 heterocycles. The van der Waals surface area contributed by atoms with Gasteiger partial charge in [0, 0.05) is 13.1 Å². The van der Waals surface area contributed by atoms with Gasteiger partial charge in [-0.05, 0) is 25.2 Å². The monoisotopic (exact) mass is 296 g/mol. The summed E-state index contributed by atoms with van der Waals surface area (Å²) < 4.78 is 0. The van der Waals surface area contributed by atoms with Crippen molar-refractivity contribution >= 4 is 23.6 Å². The van der Waals surface area contributed by atoms with Crippen molar-refractivity contribution in [3.8, 4) is 0 Å². The summed E-state index contributed by atoms with van der Waals surface area (Å²) in [6.45, 7) is 1.29. The maximum absolute atomic E-state index is 11.6. The number of nitrogens with one attached hydrogen (secondary N) is 1. The largest absolute Gasteiger partial charge is 0.481 e. The molecule has 0 aliphatic rings. The first-order valence-electron chi connectivity index (χ1n) is 6.26. The molecule has 0 aromatic heterocycles. The molecule has 1 aromatic rings. The van der Waals surface area contributed by atoms with Gasteiger partial charge in [-0.1, -0.05) is 24.3 Å². The number of carbonyl (C=O) groups is 2. The minimum Gasteiger partial charge on any atom is -0.481 e. The number of aliphatic carboxylic acids is 1. The second kappa shape index (κ2) is 8.60. The first-order valence-corrected chi connectivity index (χ1v) is 7.42. The molecule has 0 saturated carbocycles. The SMILES string of the molecule is CN(C)Cc1ccccc1CNC(=O)CSCC(=O)O. The third-order valence-electron chi connectivity index (χ3n) is 2.54. The Labute approximate surface area is 123 Å². The van der Waals surface area contributed by atoms with Gasteiger partial charge in [-0.2, -0.15) is 0 Å². The minimum absolute atomic E-state index is 0.0510. The number of carboxylic acids is 1. The zero-order chi connectivity index (χ0) is 15.0. The highest BCUT2D eigenvalue weighted by Crippen LogP contribution is 2.10. The second-order valence-corrected chi connectivity index (χ2v) is 5.66. The van der Waals surface area contributed by atoms with Gasteiger partial charge in [-0.25, -0.2) is 0 Å². The lowest BCUT2D eigenvalue weighted by molar-refractivity contribution is -0.133. The molecule has 20 heavy (non-hydrogen) atoms. The van der Waals surface area contributed by atoms with E-state index >= 15 is 0 Å². The Morgan fingerprint density at radius 3 is 2.45 bits per heavy atom. The summed E-state index contributed by atoms with van der Waals surface area (Å²) in [5.41, 5.74) is 2.26. The number of thioether (sulfide) groups is 1. The van der Waals surface area contributed by atoms with Crippen LogP contribution < -0.4 is 5.32 Å². The maximum Gasteiger partial charge on any atom is 0.313 e. The molecule has 0 saturated heterocycles. The molecule has 6 heteroatoms. The van der Waals surface area contributed by atoms with Crippen molar-refractivity contribution in [2.24, 2.45) is 0 Å². The Morgan fingerprint density at radius 1 is 1.20 bits per heavy atom. The van der Waals surface area contributed by atoms with Crippen LogP contribution in [0.4, 0.5) is 0 Å². The molecule has 0 spiro atoms. The predicted octanol–water partition coefficient (Wildman–Crippen LogP) is 1.18. The van der Waals surface area contributed by atoms with Crippen molar-refractivity contribution in [3.63, 3.8) is 0 Å². The van der Waals surface area contributed by atoms with Crippen molar-refractivity contribution < 1.29 is 14.7 Å². The van der Waals surface area contributed by atoms with E-state index in [0.717, 1.165) is 23.9 Å². The van der Waals surface area contributed by atoms with Gasteiger partial charge in [0.1, 0.15) is 0 Å². The number of carbonyl (C=O) groups excluding carboxylic acids is 1. The molecule has 5 nitrogen and oxygen atoms in total. The van der Waals surface area contributed by atoms with E-state index in [1.54, 1.807) is 0 Å². The average Bonchev–Trinajstić information content (AvgIpc) is 2.36. The fraction of sp³-hybridized carbons (Fsp3) is 0.429. The van der Waals surface area contributed by atoms with Crippen LogP contribution in [-0.2, 0) is 22.7 Å². The van der Waals surface area contributed by atoms with Crippen molar-refractivity contribution in [3.05, 3.63) is 35.4 Å². The molecule has 1 aromatic carbocycles. The van der Waals surface area contributed by atoms with E-state index < -0.39 is 5.97 Å². The Balaban J connectivity index is 2.44. The van der Waals surface area contributed by atoms with E-state index in [2.05, 4.69) is 10.2 Å². The van der Waals surface area contributed by atoms with Crippen molar-refractivity contribution in [1.29, 1.82) is 0 Å². The van der Waals surface area contributed by atoms with Gasteiger partial charge < -0.3 is 15.3 Å². The number of nitrogens with zero attached hydrogens (tertiary/aromatic N) is 1. The van der Waals surface area contributed by atoms with Crippen LogP contribution in [0.25, 0.3) is 0 Å². The quantitative estimate of drug-likeness (QED) is 0.754. The Hall–Kier alpha value is -1.53. The van der Waals surface area contributed by atoms with E-state index in [4.69, 9.17) is 5.11 Å². The maximum atomic E-state index is 11.6. The number of amides is 1. The van der Waals surface area contributed by atoms with Gasteiger partial charge >= 0.3 is 5.97 Å². The number of hydrogen-bond acceptors (Lipinski definition) is 4. The van der Waals surface area contributed by atoms with Crippen LogP contribution in [0.3, 0.4) is 0 Å². The summed E-state index contributed by atoms with van der Waals surface area (Å²) in [6, 6.07) is 7.96. The Kier molecular flexibility index (Phi) is 7.11. The molecule has 0 fully saturated rings. The summed E-state index contributed by atoms with van der Waals surface area (Å²) in [6.07, 6.45) is 0. The highest BCUT2D eigenvalue weighted by Gasteiger charge is 2.06. The Bertz CT molecular complexity index is 463. The number of carboxylic acid groups (broad SMARTS) is 1. The molecule has 0 bridgehead atoms. The number of rotatable bonds is 8. The van der Waals surface area contributed by atoms with Gasteiger partial charge in [0.05, 0.1) is 11.5 Å². The van der Waals surface area contributed by atoms with E-state index in [0.29, 0.717) is 6.54 Å². The van der Waals surface area contributed by atoms with Gasteiger partial charge in [0.25, 0.3) is 0 Å². The first kappa shape index (κ1) is 16.5. The molecule has 0 aliphatic heterocycles. The molecule has 110 valence electrons. The number of benzene rings is 1. The molecule has 1 amide bonds. The van der Waals surface area contributed by atoms with Crippen LogP contribution in [0.2, 0.25) is 0 Å². The standard InChI is InChI=1S/C14H20N2O3S/c1-16(2)8-12-6-4-3-5-11(12)7-15-13(17)9-20-10-14(18)19/h3-6H,7-10H2,1-2H3,(H,15,17)(H,18,19). The minimum atomic E-state index is -0.904.